The van der Waals surface area contributed by atoms with Gasteiger partial charge in [-0.2, -0.15) is 0 Å². The van der Waals surface area contributed by atoms with Gasteiger partial charge >= 0.3 is 0 Å². The van der Waals surface area contributed by atoms with E-state index in [0.717, 1.165) is 17.2 Å². The lowest BCUT2D eigenvalue weighted by Crippen LogP contribution is -2.22. The fourth-order valence-electron chi connectivity index (χ4n) is 2.08. The van der Waals surface area contributed by atoms with Gasteiger partial charge in [-0.25, -0.2) is 0 Å². The van der Waals surface area contributed by atoms with Gasteiger partial charge in [0.25, 0.3) is 0 Å². The molecule has 2 aromatic heterocycles. The fourth-order valence-corrected chi connectivity index (χ4v) is 2.08. The summed E-state index contributed by atoms with van der Waals surface area (Å²) in [6.45, 7) is 4.11. The zero-order valence-electron chi connectivity index (χ0n) is 10.5. The molecule has 0 aromatic carbocycles. The monoisotopic (exact) mass is 230 g/mol. The number of rotatable bonds is 4. The Morgan fingerprint density at radius 2 is 2.06 bits per heavy atom. The number of hydrogen-bond acceptors (Lipinski definition) is 3. The van der Waals surface area contributed by atoms with E-state index in [2.05, 4.69) is 17.2 Å². The van der Waals surface area contributed by atoms with Crippen LogP contribution in [0.4, 0.5) is 0 Å². The van der Waals surface area contributed by atoms with Crippen LogP contribution in [0.25, 0.3) is 0 Å². The maximum Gasteiger partial charge on any atom is 0.121 e. The van der Waals surface area contributed by atoms with Crippen molar-refractivity contribution in [1.82, 2.24) is 10.3 Å². The third-order valence-corrected chi connectivity index (χ3v) is 3.03. The van der Waals surface area contributed by atoms with Crippen molar-refractivity contribution in [3.8, 4) is 0 Å². The smallest absolute Gasteiger partial charge is 0.121 e. The lowest BCUT2D eigenvalue weighted by Gasteiger charge is -2.21. The van der Waals surface area contributed by atoms with Gasteiger partial charge in [0.15, 0.2) is 0 Å². The van der Waals surface area contributed by atoms with E-state index in [1.165, 1.54) is 0 Å². The van der Waals surface area contributed by atoms with Gasteiger partial charge in [0.2, 0.25) is 0 Å². The van der Waals surface area contributed by atoms with Crippen LogP contribution in [-0.4, -0.2) is 12.0 Å². The zero-order valence-corrected chi connectivity index (χ0v) is 10.5. The normalized spacial score (nSPS) is 14.5. The summed E-state index contributed by atoms with van der Waals surface area (Å²) in [7, 11) is 1.95. The number of likely N-dealkylation sites (N-methyl/N-ethyl adjacent to an activating group) is 1. The van der Waals surface area contributed by atoms with Crippen molar-refractivity contribution in [2.75, 3.05) is 7.05 Å². The molecule has 2 unspecified atom stereocenters. The van der Waals surface area contributed by atoms with Crippen LogP contribution in [0, 0.1) is 6.92 Å². The lowest BCUT2D eigenvalue weighted by atomic mass is 9.96. The van der Waals surface area contributed by atoms with Gasteiger partial charge in [0.1, 0.15) is 11.5 Å². The van der Waals surface area contributed by atoms with Crippen molar-refractivity contribution >= 4 is 0 Å². The number of aromatic nitrogens is 1. The molecule has 2 heterocycles. The first kappa shape index (κ1) is 11.9. The van der Waals surface area contributed by atoms with Crippen LogP contribution in [0.2, 0.25) is 0 Å². The fraction of sp³-hybridized carbons (Fsp3) is 0.357. The molecule has 0 radical (unpaired) electrons. The van der Waals surface area contributed by atoms with Crippen LogP contribution < -0.4 is 5.32 Å². The maximum absolute atomic E-state index is 5.69. The molecule has 0 saturated carbocycles. The predicted molar refractivity (Wildman–Crippen MR) is 67.9 cm³/mol. The average molecular weight is 230 g/mol. The molecule has 0 amide bonds. The van der Waals surface area contributed by atoms with Gasteiger partial charge in [-0.15, -0.1) is 0 Å². The van der Waals surface area contributed by atoms with Gasteiger partial charge in [-0.05, 0) is 38.2 Å². The SMILES string of the molecule is CNC(c1ccc(C)o1)C(C)c1ccccn1. The Bertz CT molecular complexity index is 464. The molecule has 0 aliphatic rings. The van der Waals surface area contributed by atoms with E-state index in [9.17, 15) is 0 Å². The highest BCUT2D eigenvalue weighted by Gasteiger charge is 2.22. The molecule has 0 aliphatic heterocycles. The van der Waals surface area contributed by atoms with E-state index in [-0.39, 0.29) is 12.0 Å². The minimum absolute atomic E-state index is 0.151. The van der Waals surface area contributed by atoms with Gasteiger partial charge in [-0.1, -0.05) is 13.0 Å². The summed E-state index contributed by atoms with van der Waals surface area (Å²) in [5, 5.41) is 3.30. The number of furan rings is 1. The first-order chi connectivity index (χ1) is 8.22. The van der Waals surface area contributed by atoms with Crippen LogP contribution in [0.5, 0.6) is 0 Å². The highest BCUT2D eigenvalue weighted by Crippen LogP contribution is 2.29. The van der Waals surface area contributed by atoms with E-state index in [1.54, 1.807) is 0 Å². The predicted octanol–water partition coefficient (Wildman–Crippen LogP) is 3.05. The second-order valence-corrected chi connectivity index (χ2v) is 4.26. The minimum Gasteiger partial charge on any atom is -0.465 e. The largest absolute Gasteiger partial charge is 0.465 e. The van der Waals surface area contributed by atoms with Crippen LogP contribution >= 0.6 is 0 Å². The number of nitrogens with zero attached hydrogens (tertiary/aromatic N) is 1. The number of nitrogens with one attached hydrogen (secondary N) is 1. The molecule has 2 rings (SSSR count). The number of hydrogen-bond donors (Lipinski definition) is 1. The van der Waals surface area contributed by atoms with Crippen LogP contribution in [-0.2, 0) is 0 Å². The third-order valence-electron chi connectivity index (χ3n) is 3.03. The average Bonchev–Trinajstić information content (AvgIpc) is 2.78. The molecule has 17 heavy (non-hydrogen) atoms. The van der Waals surface area contributed by atoms with Gasteiger partial charge in [0, 0.05) is 17.8 Å². The second kappa shape index (κ2) is 5.15. The highest BCUT2D eigenvalue weighted by molar-refractivity contribution is 5.18. The summed E-state index contributed by atoms with van der Waals surface area (Å²) in [6.07, 6.45) is 1.83. The van der Waals surface area contributed by atoms with Crippen molar-refractivity contribution in [3.05, 3.63) is 53.7 Å². The van der Waals surface area contributed by atoms with E-state index in [4.69, 9.17) is 4.42 Å². The van der Waals surface area contributed by atoms with Crippen molar-refractivity contribution in [2.45, 2.75) is 25.8 Å². The molecule has 0 saturated heterocycles. The Hall–Kier alpha value is -1.61. The molecule has 0 aliphatic carbocycles. The van der Waals surface area contributed by atoms with Crippen LogP contribution in [0.1, 0.15) is 36.1 Å². The van der Waals surface area contributed by atoms with Crippen molar-refractivity contribution in [2.24, 2.45) is 0 Å². The Labute approximate surface area is 102 Å². The minimum atomic E-state index is 0.151. The van der Waals surface area contributed by atoms with Crippen LogP contribution in [0.3, 0.4) is 0 Å². The van der Waals surface area contributed by atoms with E-state index < -0.39 is 0 Å². The van der Waals surface area contributed by atoms with Crippen molar-refractivity contribution in [1.29, 1.82) is 0 Å². The first-order valence-corrected chi connectivity index (χ1v) is 5.87. The Morgan fingerprint density at radius 1 is 1.24 bits per heavy atom. The number of aryl methyl sites for hydroxylation is 1. The Morgan fingerprint density at radius 3 is 2.59 bits per heavy atom. The standard InChI is InChI=1S/C14H18N2O/c1-10-7-8-13(17-10)14(15-3)11(2)12-6-4-5-9-16-12/h4-9,11,14-15H,1-3H3. The Kier molecular flexibility index (Phi) is 3.59. The van der Waals surface area contributed by atoms with E-state index >= 15 is 0 Å². The molecule has 2 atom stereocenters. The van der Waals surface area contributed by atoms with Crippen LogP contribution in [0.15, 0.2) is 40.9 Å². The summed E-state index contributed by atoms with van der Waals surface area (Å²) in [4.78, 5) is 4.40. The lowest BCUT2D eigenvalue weighted by molar-refractivity contribution is 0.381. The molecule has 2 aromatic rings. The third kappa shape index (κ3) is 2.56. The maximum atomic E-state index is 5.69. The molecule has 0 bridgehead atoms. The molecule has 3 nitrogen and oxygen atoms in total. The summed E-state index contributed by atoms with van der Waals surface area (Å²) in [5.74, 6) is 2.17. The summed E-state index contributed by atoms with van der Waals surface area (Å²) in [5.41, 5.74) is 1.07. The second-order valence-electron chi connectivity index (χ2n) is 4.26. The zero-order chi connectivity index (χ0) is 12.3. The highest BCUT2D eigenvalue weighted by atomic mass is 16.3. The molecule has 0 spiro atoms. The van der Waals surface area contributed by atoms with Gasteiger partial charge in [0.05, 0.1) is 6.04 Å². The summed E-state index contributed by atoms with van der Waals surface area (Å²) >= 11 is 0. The van der Waals surface area contributed by atoms with Gasteiger partial charge in [-0.3, -0.25) is 4.98 Å². The number of pyridine rings is 1. The Balaban J connectivity index is 2.25. The van der Waals surface area contributed by atoms with Gasteiger partial charge < -0.3 is 9.73 Å². The molecule has 0 fully saturated rings. The molecular weight excluding hydrogens is 212 g/mol. The molecular formula is C14H18N2O. The molecule has 90 valence electrons. The van der Waals surface area contributed by atoms with E-state index in [1.807, 2.05) is 50.5 Å². The first-order valence-electron chi connectivity index (χ1n) is 5.87. The summed E-state index contributed by atoms with van der Waals surface area (Å²) < 4.78 is 5.69. The van der Waals surface area contributed by atoms with Crippen molar-refractivity contribution in [3.63, 3.8) is 0 Å². The van der Waals surface area contributed by atoms with E-state index in [0.29, 0.717) is 0 Å². The molecule has 1 N–H and O–H groups in total. The molecule has 3 heteroatoms. The quantitative estimate of drug-likeness (QED) is 0.877. The topological polar surface area (TPSA) is 38.1 Å². The summed E-state index contributed by atoms with van der Waals surface area (Å²) in [6, 6.07) is 10.2. The van der Waals surface area contributed by atoms with Crippen molar-refractivity contribution < 1.29 is 4.42 Å².